The Labute approximate surface area is 220 Å². The Hall–Kier alpha value is -1.44. The molecule has 0 bridgehead atoms. The summed E-state index contributed by atoms with van der Waals surface area (Å²) in [6.45, 7) is 12.1. The van der Waals surface area contributed by atoms with Crippen molar-refractivity contribution >= 4 is 11.9 Å². The third kappa shape index (κ3) is 3.00. The van der Waals surface area contributed by atoms with Crippen molar-refractivity contribution in [3.63, 3.8) is 0 Å². The predicted octanol–water partition coefficient (Wildman–Crippen LogP) is 4.24. The van der Waals surface area contributed by atoms with Crippen LogP contribution in [-0.2, 0) is 9.59 Å². The van der Waals surface area contributed by atoms with E-state index in [2.05, 4.69) is 26.8 Å². The SMILES string of the molecule is C[C@@H]1CC[C@]2(C(=O)O)CC[C@@]3(C)C(=CCC4[C@@]5(C)C[C@@H](O)[C@H](O)[C@](C)(C(=O)O)C5CC[C@]43C)C2[C@]1(C)O. The molecule has 7 nitrogen and oxygen atoms in total. The molecular weight excluding hydrogens is 472 g/mol. The van der Waals surface area contributed by atoms with Crippen LogP contribution in [-0.4, -0.2) is 55.3 Å². The van der Waals surface area contributed by atoms with Crippen LogP contribution in [0.2, 0.25) is 0 Å². The molecule has 12 atom stereocenters. The van der Waals surface area contributed by atoms with Gasteiger partial charge in [0, 0.05) is 5.92 Å². The highest BCUT2D eigenvalue weighted by Gasteiger charge is 2.73. The first-order valence-electron chi connectivity index (χ1n) is 14.2. The molecule has 4 fully saturated rings. The number of aliphatic hydroxyl groups is 3. The number of aliphatic hydroxyl groups excluding tert-OH is 2. The van der Waals surface area contributed by atoms with Crippen LogP contribution in [0.1, 0.15) is 92.9 Å². The van der Waals surface area contributed by atoms with Crippen molar-refractivity contribution in [2.45, 2.75) is 111 Å². The molecule has 5 aliphatic carbocycles. The smallest absolute Gasteiger partial charge is 0.312 e. The van der Waals surface area contributed by atoms with Crippen molar-refractivity contribution in [2.75, 3.05) is 0 Å². The van der Waals surface area contributed by atoms with Crippen LogP contribution >= 0.6 is 0 Å². The summed E-state index contributed by atoms with van der Waals surface area (Å²) in [4.78, 5) is 25.4. The van der Waals surface area contributed by atoms with Gasteiger partial charge in [-0.05, 0) is 99.2 Å². The molecule has 0 aromatic heterocycles. The Kier molecular flexibility index (Phi) is 5.73. The molecule has 0 radical (unpaired) electrons. The molecule has 7 heteroatoms. The van der Waals surface area contributed by atoms with Gasteiger partial charge in [0.1, 0.15) is 0 Å². The van der Waals surface area contributed by atoms with Gasteiger partial charge in [-0.25, -0.2) is 0 Å². The van der Waals surface area contributed by atoms with Gasteiger partial charge in [0.05, 0.1) is 28.6 Å². The molecule has 5 rings (SSSR count). The topological polar surface area (TPSA) is 135 Å². The molecule has 37 heavy (non-hydrogen) atoms. The second-order valence-electron chi connectivity index (χ2n) is 14.7. The summed E-state index contributed by atoms with van der Waals surface area (Å²) in [6.07, 6.45) is 4.64. The van der Waals surface area contributed by atoms with E-state index < -0.39 is 51.9 Å². The van der Waals surface area contributed by atoms with Crippen molar-refractivity contribution in [1.82, 2.24) is 0 Å². The average Bonchev–Trinajstić information content (AvgIpc) is 2.80. The molecule has 0 aliphatic heterocycles. The average molecular weight is 519 g/mol. The molecule has 0 amide bonds. The Morgan fingerprint density at radius 2 is 1.54 bits per heavy atom. The number of hydrogen-bond donors (Lipinski definition) is 5. The number of aliphatic carboxylic acids is 2. The molecule has 0 aromatic rings. The molecule has 208 valence electrons. The summed E-state index contributed by atoms with van der Waals surface area (Å²) in [5.41, 5.74) is -3.59. The Morgan fingerprint density at radius 3 is 2.14 bits per heavy atom. The van der Waals surface area contributed by atoms with Gasteiger partial charge < -0.3 is 25.5 Å². The zero-order valence-corrected chi connectivity index (χ0v) is 23.3. The van der Waals surface area contributed by atoms with Crippen LogP contribution < -0.4 is 0 Å². The van der Waals surface area contributed by atoms with Gasteiger partial charge in [-0.15, -0.1) is 0 Å². The second kappa shape index (κ2) is 7.82. The number of fused-ring (bicyclic) bond motifs is 7. The maximum Gasteiger partial charge on any atom is 0.312 e. The largest absolute Gasteiger partial charge is 0.481 e. The van der Waals surface area contributed by atoms with Gasteiger partial charge in [0.25, 0.3) is 0 Å². The molecule has 5 N–H and O–H groups in total. The Bertz CT molecular complexity index is 1050. The summed E-state index contributed by atoms with van der Waals surface area (Å²) < 4.78 is 0. The van der Waals surface area contributed by atoms with Crippen molar-refractivity contribution < 1.29 is 35.1 Å². The first-order chi connectivity index (χ1) is 16.9. The van der Waals surface area contributed by atoms with Crippen molar-refractivity contribution in [2.24, 2.45) is 50.7 Å². The van der Waals surface area contributed by atoms with Crippen LogP contribution in [0, 0.1) is 50.7 Å². The van der Waals surface area contributed by atoms with Crippen LogP contribution in [0.3, 0.4) is 0 Å². The van der Waals surface area contributed by atoms with E-state index in [4.69, 9.17) is 0 Å². The van der Waals surface area contributed by atoms with Crippen LogP contribution in [0.5, 0.6) is 0 Å². The number of allylic oxidation sites excluding steroid dienone is 1. The van der Waals surface area contributed by atoms with Crippen LogP contribution in [0.15, 0.2) is 11.6 Å². The molecule has 0 aromatic carbocycles. The van der Waals surface area contributed by atoms with E-state index in [1.165, 1.54) is 0 Å². The number of carboxylic acids is 2. The summed E-state index contributed by atoms with van der Waals surface area (Å²) in [6, 6.07) is 0. The minimum absolute atomic E-state index is 0.0155. The van der Waals surface area contributed by atoms with E-state index in [-0.39, 0.29) is 28.6 Å². The maximum atomic E-state index is 12.8. The van der Waals surface area contributed by atoms with E-state index >= 15 is 0 Å². The lowest BCUT2D eigenvalue weighted by Crippen LogP contribution is -2.70. The standard InChI is InChI=1S/C30H46O7/c1-16-9-12-30(24(35)36)14-13-26(3)17(21(30)29(16,6)37)7-8-19-25(2)15-18(31)22(32)28(5,23(33)34)20(25)10-11-27(19,26)4/h7,16,18-22,31-32,37H,8-15H2,1-6H3,(H,33,34)(H,35,36)/t16-,18-,19?,20?,21?,22+,25-,26+,27-,28-,29-,30+/m1/s1. The summed E-state index contributed by atoms with van der Waals surface area (Å²) in [5.74, 6) is -2.57. The molecule has 5 aliphatic rings. The summed E-state index contributed by atoms with van der Waals surface area (Å²) in [5, 5.41) is 54.5. The minimum Gasteiger partial charge on any atom is -0.481 e. The lowest BCUT2D eigenvalue weighted by molar-refractivity contribution is -0.243. The Morgan fingerprint density at radius 1 is 0.892 bits per heavy atom. The molecular formula is C30H46O7. The fourth-order valence-corrected chi connectivity index (χ4v) is 10.9. The zero-order chi connectivity index (χ0) is 27.6. The van der Waals surface area contributed by atoms with Gasteiger partial charge in [-0.3, -0.25) is 9.59 Å². The van der Waals surface area contributed by atoms with Gasteiger partial charge >= 0.3 is 11.9 Å². The molecule has 4 saturated carbocycles. The van der Waals surface area contributed by atoms with Crippen LogP contribution in [0.25, 0.3) is 0 Å². The molecule has 3 unspecified atom stereocenters. The van der Waals surface area contributed by atoms with Crippen LogP contribution in [0.4, 0.5) is 0 Å². The lowest BCUT2D eigenvalue weighted by atomic mass is 9.33. The third-order valence-electron chi connectivity index (χ3n) is 13.6. The van der Waals surface area contributed by atoms with E-state index in [0.29, 0.717) is 44.9 Å². The zero-order valence-electron chi connectivity index (χ0n) is 23.3. The van der Waals surface area contributed by atoms with Gasteiger partial charge in [0.15, 0.2) is 0 Å². The number of carboxylic acid groups (broad SMARTS) is 2. The number of hydrogen-bond acceptors (Lipinski definition) is 5. The first-order valence-corrected chi connectivity index (χ1v) is 14.2. The van der Waals surface area contributed by atoms with E-state index in [1.807, 2.05) is 13.8 Å². The van der Waals surface area contributed by atoms with Crippen molar-refractivity contribution in [3.05, 3.63) is 11.6 Å². The van der Waals surface area contributed by atoms with Gasteiger partial charge in [-0.2, -0.15) is 0 Å². The third-order valence-corrected chi connectivity index (χ3v) is 13.6. The molecule has 0 heterocycles. The van der Waals surface area contributed by atoms with Crippen molar-refractivity contribution in [3.8, 4) is 0 Å². The predicted molar refractivity (Wildman–Crippen MR) is 137 cm³/mol. The van der Waals surface area contributed by atoms with Crippen molar-refractivity contribution in [1.29, 1.82) is 0 Å². The van der Waals surface area contributed by atoms with Gasteiger partial charge in [-0.1, -0.05) is 39.3 Å². The van der Waals surface area contributed by atoms with E-state index in [1.54, 1.807) is 6.92 Å². The quantitative estimate of drug-likeness (QED) is 0.345. The fourth-order valence-electron chi connectivity index (χ4n) is 10.9. The number of rotatable bonds is 2. The van der Waals surface area contributed by atoms with Gasteiger partial charge in [0.2, 0.25) is 0 Å². The lowest BCUT2D eigenvalue weighted by Gasteiger charge is -2.71. The highest BCUT2D eigenvalue weighted by molar-refractivity contribution is 5.77. The molecule has 0 saturated heterocycles. The monoisotopic (exact) mass is 518 g/mol. The number of carbonyl (C=O) groups is 2. The van der Waals surface area contributed by atoms with E-state index in [9.17, 15) is 35.1 Å². The minimum atomic E-state index is -1.44. The highest BCUT2D eigenvalue weighted by atomic mass is 16.4. The summed E-state index contributed by atoms with van der Waals surface area (Å²) in [7, 11) is 0. The highest BCUT2D eigenvalue weighted by Crippen LogP contribution is 2.76. The second-order valence-corrected chi connectivity index (χ2v) is 14.7. The maximum absolute atomic E-state index is 12.8. The van der Waals surface area contributed by atoms with E-state index in [0.717, 1.165) is 12.0 Å². The molecule has 0 spiro atoms. The fraction of sp³-hybridized carbons (Fsp3) is 0.867. The Balaban J connectivity index is 1.66. The normalized spacial score (nSPS) is 57.2. The summed E-state index contributed by atoms with van der Waals surface area (Å²) >= 11 is 0. The first kappa shape index (κ1) is 27.1.